The van der Waals surface area contributed by atoms with Gasteiger partial charge in [-0.1, -0.05) is 18.2 Å². The Morgan fingerprint density at radius 2 is 2.15 bits per heavy atom. The van der Waals surface area contributed by atoms with Crippen molar-refractivity contribution in [1.82, 2.24) is 5.32 Å². The van der Waals surface area contributed by atoms with Gasteiger partial charge in [0, 0.05) is 17.3 Å². The Kier molecular flexibility index (Phi) is 2.20. The SMILES string of the molecule is Nc1ccccc1C(O)C1CCN1. The lowest BCUT2D eigenvalue weighted by atomic mass is 9.94. The van der Waals surface area contributed by atoms with Crippen LogP contribution in [0.2, 0.25) is 0 Å². The third-order valence-corrected chi connectivity index (χ3v) is 2.56. The number of aliphatic hydroxyl groups is 1. The van der Waals surface area contributed by atoms with Crippen molar-refractivity contribution in [2.75, 3.05) is 12.3 Å². The molecular formula is C10H14N2O. The van der Waals surface area contributed by atoms with Crippen molar-refractivity contribution in [3.63, 3.8) is 0 Å². The highest BCUT2D eigenvalue weighted by Crippen LogP contribution is 2.26. The predicted octanol–water partition coefficient (Wildman–Crippen LogP) is 0.664. The molecule has 2 rings (SSSR count). The van der Waals surface area contributed by atoms with E-state index in [1.54, 1.807) is 0 Å². The molecule has 4 N–H and O–H groups in total. The number of hydrogen-bond donors (Lipinski definition) is 3. The van der Waals surface area contributed by atoms with Gasteiger partial charge in [-0.05, 0) is 19.0 Å². The zero-order valence-electron chi connectivity index (χ0n) is 7.40. The highest BCUT2D eigenvalue weighted by molar-refractivity contribution is 5.48. The molecule has 0 bridgehead atoms. The second kappa shape index (κ2) is 3.36. The van der Waals surface area contributed by atoms with E-state index in [1.165, 1.54) is 0 Å². The summed E-state index contributed by atoms with van der Waals surface area (Å²) in [5.74, 6) is 0. The molecule has 2 unspecified atom stereocenters. The second-order valence-electron chi connectivity index (χ2n) is 3.42. The van der Waals surface area contributed by atoms with Gasteiger partial charge in [0.25, 0.3) is 0 Å². The molecule has 1 aromatic carbocycles. The molecule has 0 aliphatic carbocycles. The van der Waals surface area contributed by atoms with Gasteiger partial charge in [-0.2, -0.15) is 0 Å². The number of aliphatic hydroxyl groups excluding tert-OH is 1. The van der Waals surface area contributed by atoms with Gasteiger partial charge in [-0.25, -0.2) is 0 Å². The first-order chi connectivity index (χ1) is 6.29. The van der Waals surface area contributed by atoms with E-state index in [2.05, 4.69) is 5.32 Å². The zero-order valence-corrected chi connectivity index (χ0v) is 7.40. The molecule has 1 saturated heterocycles. The summed E-state index contributed by atoms with van der Waals surface area (Å²) >= 11 is 0. The maximum absolute atomic E-state index is 9.88. The first kappa shape index (κ1) is 8.53. The summed E-state index contributed by atoms with van der Waals surface area (Å²) in [4.78, 5) is 0. The lowest BCUT2D eigenvalue weighted by Gasteiger charge is -2.32. The van der Waals surface area contributed by atoms with Crippen molar-refractivity contribution >= 4 is 5.69 Å². The van der Waals surface area contributed by atoms with E-state index in [0.717, 1.165) is 18.5 Å². The predicted molar refractivity (Wildman–Crippen MR) is 52.2 cm³/mol. The number of benzene rings is 1. The van der Waals surface area contributed by atoms with E-state index in [-0.39, 0.29) is 6.04 Å². The molecule has 1 heterocycles. The van der Waals surface area contributed by atoms with Crippen LogP contribution < -0.4 is 11.1 Å². The molecule has 3 heteroatoms. The quantitative estimate of drug-likeness (QED) is 0.583. The first-order valence-corrected chi connectivity index (χ1v) is 4.55. The van der Waals surface area contributed by atoms with Crippen molar-refractivity contribution in [1.29, 1.82) is 0 Å². The monoisotopic (exact) mass is 178 g/mol. The molecule has 3 nitrogen and oxygen atoms in total. The summed E-state index contributed by atoms with van der Waals surface area (Å²) in [5.41, 5.74) is 7.25. The molecule has 1 fully saturated rings. The molecule has 2 atom stereocenters. The Labute approximate surface area is 77.6 Å². The lowest BCUT2D eigenvalue weighted by molar-refractivity contribution is 0.0963. The molecule has 0 saturated carbocycles. The molecule has 0 radical (unpaired) electrons. The lowest BCUT2D eigenvalue weighted by Crippen LogP contribution is -2.47. The van der Waals surface area contributed by atoms with E-state index in [9.17, 15) is 5.11 Å². The summed E-state index contributed by atoms with van der Waals surface area (Å²) < 4.78 is 0. The van der Waals surface area contributed by atoms with Gasteiger partial charge in [0.1, 0.15) is 0 Å². The van der Waals surface area contributed by atoms with Gasteiger partial charge in [0.2, 0.25) is 0 Å². The number of nitrogens with one attached hydrogen (secondary N) is 1. The molecule has 0 spiro atoms. The van der Waals surface area contributed by atoms with Crippen LogP contribution in [-0.4, -0.2) is 17.7 Å². The smallest absolute Gasteiger partial charge is 0.0963 e. The number of rotatable bonds is 2. The Morgan fingerprint density at radius 1 is 1.46 bits per heavy atom. The van der Waals surface area contributed by atoms with Gasteiger partial charge >= 0.3 is 0 Å². The fourth-order valence-corrected chi connectivity index (χ4v) is 1.58. The van der Waals surface area contributed by atoms with E-state index >= 15 is 0 Å². The van der Waals surface area contributed by atoms with Crippen LogP contribution >= 0.6 is 0 Å². The van der Waals surface area contributed by atoms with Crippen LogP contribution in [-0.2, 0) is 0 Å². The molecule has 13 heavy (non-hydrogen) atoms. The van der Waals surface area contributed by atoms with Gasteiger partial charge in [-0.15, -0.1) is 0 Å². The Balaban J connectivity index is 2.18. The van der Waals surface area contributed by atoms with Gasteiger partial charge in [0.15, 0.2) is 0 Å². The van der Waals surface area contributed by atoms with Gasteiger partial charge in [-0.3, -0.25) is 0 Å². The Hall–Kier alpha value is -1.06. The molecule has 0 amide bonds. The van der Waals surface area contributed by atoms with Gasteiger partial charge < -0.3 is 16.2 Å². The highest BCUT2D eigenvalue weighted by Gasteiger charge is 2.26. The van der Waals surface area contributed by atoms with Crippen LogP contribution in [0.25, 0.3) is 0 Å². The highest BCUT2D eigenvalue weighted by atomic mass is 16.3. The van der Waals surface area contributed by atoms with E-state index in [4.69, 9.17) is 5.73 Å². The van der Waals surface area contributed by atoms with E-state index in [0.29, 0.717) is 5.69 Å². The normalized spacial score (nSPS) is 23.6. The largest absolute Gasteiger partial charge is 0.398 e. The van der Waals surface area contributed by atoms with Crippen LogP contribution in [0.1, 0.15) is 18.1 Å². The molecule has 0 aromatic heterocycles. The molecule has 1 aliphatic rings. The average Bonchev–Trinajstić information content (AvgIpc) is 2.01. The van der Waals surface area contributed by atoms with E-state index in [1.807, 2.05) is 24.3 Å². The number of nitrogens with two attached hydrogens (primary N) is 1. The van der Waals surface area contributed by atoms with Crippen LogP contribution in [0.4, 0.5) is 5.69 Å². The minimum Gasteiger partial charge on any atom is -0.398 e. The third-order valence-electron chi connectivity index (χ3n) is 2.56. The summed E-state index contributed by atoms with van der Waals surface area (Å²) in [6, 6.07) is 7.65. The minimum atomic E-state index is -0.463. The summed E-state index contributed by atoms with van der Waals surface area (Å²) in [6.45, 7) is 0.995. The van der Waals surface area contributed by atoms with Crippen molar-refractivity contribution in [2.24, 2.45) is 0 Å². The van der Waals surface area contributed by atoms with Crippen LogP contribution in [0.15, 0.2) is 24.3 Å². The van der Waals surface area contributed by atoms with Crippen LogP contribution in [0.3, 0.4) is 0 Å². The van der Waals surface area contributed by atoms with Crippen molar-refractivity contribution in [3.8, 4) is 0 Å². The van der Waals surface area contributed by atoms with Crippen molar-refractivity contribution in [2.45, 2.75) is 18.6 Å². The maximum atomic E-state index is 9.88. The first-order valence-electron chi connectivity index (χ1n) is 4.55. The topological polar surface area (TPSA) is 58.3 Å². The average molecular weight is 178 g/mol. The molecule has 1 aromatic rings. The zero-order chi connectivity index (χ0) is 9.26. The number of hydrogen-bond acceptors (Lipinski definition) is 3. The Morgan fingerprint density at radius 3 is 2.69 bits per heavy atom. The van der Waals surface area contributed by atoms with Crippen LogP contribution in [0, 0.1) is 0 Å². The number of anilines is 1. The second-order valence-corrected chi connectivity index (χ2v) is 3.42. The Bertz CT molecular complexity index is 297. The third kappa shape index (κ3) is 1.53. The molecular weight excluding hydrogens is 164 g/mol. The number of para-hydroxylation sites is 1. The van der Waals surface area contributed by atoms with Crippen molar-refractivity contribution < 1.29 is 5.11 Å². The van der Waals surface area contributed by atoms with Gasteiger partial charge in [0.05, 0.1) is 6.10 Å². The standard InChI is InChI=1S/C10H14N2O/c11-8-4-2-1-3-7(8)10(13)9-5-6-12-9/h1-4,9-10,12-13H,5-6,11H2. The summed E-state index contributed by atoms with van der Waals surface area (Å²) in [7, 11) is 0. The fourth-order valence-electron chi connectivity index (χ4n) is 1.58. The maximum Gasteiger partial charge on any atom is 0.0963 e. The molecule has 70 valence electrons. The summed E-state index contributed by atoms with van der Waals surface area (Å²) in [5, 5.41) is 13.0. The van der Waals surface area contributed by atoms with E-state index < -0.39 is 6.10 Å². The van der Waals surface area contributed by atoms with Crippen LogP contribution in [0.5, 0.6) is 0 Å². The minimum absolute atomic E-state index is 0.185. The number of nitrogen functional groups attached to an aromatic ring is 1. The fraction of sp³-hybridized carbons (Fsp3) is 0.400. The summed E-state index contributed by atoms with van der Waals surface area (Å²) in [6.07, 6.45) is 0.560. The molecule has 1 aliphatic heterocycles. The van der Waals surface area contributed by atoms with Crippen molar-refractivity contribution in [3.05, 3.63) is 29.8 Å².